The molecule has 0 unspecified atom stereocenters. The van der Waals surface area contributed by atoms with Gasteiger partial charge in [0.1, 0.15) is 0 Å². The molecule has 76 valence electrons. The Kier molecular flexibility index (Phi) is 5.93. The van der Waals surface area contributed by atoms with E-state index in [9.17, 15) is 9.59 Å². The van der Waals surface area contributed by atoms with E-state index in [2.05, 4.69) is 0 Å². The summed E-state index contributed by atoms with van der Waals surface area (Å²) in [5, 5.41) is 0. The molecule has 0 aromatic heterocycles. The molecule has 0 rings (SSSR count). The highest BCUT2D eigenvalue weighted by molar-refractivity contribution is 5.93. The second kappa shape index (κ2) is 6.46. The van der Waals surface area contributed by atoms with Crippen LogP contribution in [0.2, 0.25) is 0 Å². The number of nitrogens with two attached hydrogens (primary N) is 1. The fourth-order valence-electron chi connectivity index (χ4n) is 1.04. The van der Waals surface area contributed by atoms with Gasteiger partial charge in [-0.2, -0.15) is 0 Å². The molecular formula is C9H18N2O2. The number of rotatable bonds is 5. The number of amides is 3. The summed E-state index contributed by atoms with van der Waals surface area (Å²) in [7, 11) is 0. The summed E-state index contributed by atoms with van der Waals surface area (Å²) in [6.07, 6.45) is 2.93. The van der Waals surface area contributed by atoms with Crippen LogP contribution in [0.5, 0.6) is 0 Å². The van der Waals surface area contributed by atoms with Gasteiger partial charge in [-0.1, -0.05) is 20.3 Å². The molecular weight excluding hydrogens is 168 g/mol. The minimum Gasteiger partial charge on any atom is -0.351 e. The van der Waals surface area contributed by atoms with Crippen LogP contribution in [0.25, 0.3) is 0 Å². The van der Waals surface area contributed by atoms with Gasteiger partial charge in [0.2, 0.25) is 5.91 Å². The number of carbonyl (C=O) groups excluding carboxylic acids is 2. The molecule has 0 aliphatic rings. The molecule has 0 aromatic carbocycles. The summed E-state index contributed by atoms with van der Waals surface area (Å²) < 4.78 is 0. The van der Waals surface area contributed by atoms with E-state index in [4.69, 9.17) is 5.73 Å². The molecule has 0 aromatic rings. The lowest BCUT2D eigenvalue weighted by Gasteiger charge is -2.16. The van der Waals surface area contributed by atoms with E-state index in [-0.39, 0.29) is 5.91 Å². The Labute approximate surface area is 79.1 Å². The summed E-state index contributed by atoms with van der Waals surface area (Å²) in [6, 6.07) is -0.636. The smallest absolute Gasteiger partial charge is 0.321 e. The van der Waals surface area contributed by atoms with E-state index in [0.29, 0.717) is 13.0 Å². The predicted molar refractivity (Wildman–Crippen MR) is 51.1 cm³/mol. The van der Waals surface area contributed by atoms with Gasteiger partial charge in [0.05, 0.1) is 0 Å². The third kappa shape index (κ3) is 4.50. The second-order valence-corrected chi connectivity index (χ2v) is 2.99. The monoisotopic (exact) mass is 186 g/mol. The number of carbonyl (C=O) groups is 2. The summed E-state index contributed by atoms with van der Waals surface area (Å²) in [6.45, 7) is 4.34. The Hall–Kier alpha value is -1.06. The molecule has 0 fully saturated rings. The van der Waals surface area contributed by atoms with Crippen molar-refractivity contribution in [2.45, 2.75) is 39.5 Å². The van der Waals surface area contributed by atoms with Crippen LogP contribution in [-0.4, -0.2) is 23.4 Å². The lowest BCUT2D eigenvalue weighted by molar-refractivity contribution is -0.128. The number of urea groups is 1. The van der Waals surface area contributed by atoms with Crippen LogP contribution in [0.3, 0.4) is 0 Å². The first-order chi connectivity index (χ1) is 6.13. The average Bonchev–Trinajstić information content (AvgIpc) is 2.09. The molecule has 0 spiro atoms. The molecule has 4 nitrogen and oxygen atoms in total. The third-order valence-corrected chi connectivity index (χ3v) is 1.76. The molecule has 3 amide bonds. The van der Waals surface area contributed by atoms with E-state index in [1.165, 1.54) is 0 Å². The van der Waals surface area contributed by atoms with Gasteiger partial charge in [-0.15, -0.1) is 0 Å². The molecule has 2 N–H and O–H groups in total. The van der Waals surface area contributed by atoms with Crippen LogP contribution < -0.4 is 5.73 Å². The van der Waals surface area contributed by atoms with Crippen molar-refractivity contribution in [1.29, 1.82) is 0 Å². The molecule has 0 aliphatic heterocycles. The van der Waals surface area contributed by atoms with Gasteiger partial charge in [0.15, 0.2) is 0 Å². The number of imide groups is 1. The zero-order valence-electron chi connectivity index (χ0n) is 8.38. The summed E-state index contributed by atoms with van der Waals surface area (Å²) in [4.78, 5) is 23.3. The fraction of sp³-hybridized carbons (Fsp3) is 0.778. The maximum Gasteiger partial charge on any atom is 0.321 e. The van der Waals surface area contributed by atoms with Gasteiger partial charge in [-0.3, -0.25) is 9.69 Å². The first-order valence-corrected chi connectivity index (χ1v) is 4.73. The van der Waals surface area contributed by atoms with Crippen molar-refractivity contribution < 1.29 is 9.59 Å². The third-order valence-electron chi connectivity index (χ3n) is 1.76. The van der Waals surface area contributed by atoms with Gasteiger partial charge in [0.25, 0.3) is 0 Å². The number of nitrogens with zero attached hydrogens (tertiary/aromatic N) is 1. The van der Waals surface area contributed by atoms with Gasteiger partial charge in [-0.25, -0.2) is 4.79 Å². The molecule has 4 heteroatoms. The molecule has 0 atom stereocenters. The molecule has 0 aliphatic carbocycles. The molecule has 0 saturated heterocycles. The Bertz CT molecular complexity index is 180. The number of primary amides is 1. The van der Waals surface area contributed by atoms with E-state index >= 15 is 0 Å². The van der Waals surface area contributed by atoms with Crippen LogP contribution in [0.15, 0.2) is 0 Å². The minimum atomic E-state index is -0.636. The average molecular weight is 186 g/mol. The van der Waals surface area contributed by atoms with Crippen molar-refractivity contribution in [2.75, 3.05) is 6.54 Å². The van der Waals surface area contributed by atoms with Crippen molar-refractivity contribution in [1.82, 2.24) is 4.90 Å². The highest BCUT2D eigenvalue weighted by atomic mass is 16.2. The van der Waals surface area contributed by atoms with Gasteiger partial charge in [0, 0.05) is 13.0 Å². The lowest BCUT2D eigenvalue weighted by atomic mass is 10.2. The Morgan fingerprint density at radius 1 is 1.23 bits per heavy atom. The molecule has 13 heavy (non-hydrogen) atoms. The second-order valence-electron chi connectivity index (χ2n) is 2.99. The van der Waals surface area contributed by atoms with Crippen LogP contribution in [0.1, 0.15) is 39.5 Å². The van der Waals surface area contributed by atoms with Gasteiger partial charge >= 0.3 is 6.03 Å². The van der Waals surface area contributed by atoms with Crippen molar-refractivity contribution in [3.63, 3.8) is 0 Å². The lowest BCUT2D eigenvalue weighted by Crippen LogP contribution is -2.41. The largest absolute Gasteiger partial charge is 0.351 e. The topological polar surface area (TPSA) is 63.4 Å². The van der Waals surface area contributed by atoms with Gasteiger partial charge in [-0.05, 0) is 12.8 Å². The standard InChI is InChI=1S/C9H18N2O2/c1-3-5-6-8(12)11(7-4-2)9(10)13/h3-7H2,1-2H3,(H2,10,13). The van der Waals surface area contributed by atoms with E-state index in [1.807, 2.05) is 13.8 Å². The molecule has 0 radical (unpaired) electrons. The molecule has 0 heterocycles. The summed E-state index contributed by atoms with van der Waals surface area (Å²) in [5.74, 6) is -0.156. The van der Waals surface area contributed by atoms with E-state index in [0.717, 1.165) is 24.2 Å². The highest BCUT2D eigenvalue weighted by Crippen LogP contribution is 2.01. The van der Waals surface area contributed by atoms with Crippen LogP contribution in [-0.2, 0) is 4.79 Å². The fourth-order valence-corrected chi connectivity index (χ4v) is 1.04. The van der Waals surface area contributed by atoms with Crippen molar-refractivity contribution in [2.24, 2.45) is 5.73 Å². The zero-order chi connectivity index (χ0) is 10.3. The first-order valence-electron chi connectivity index (χ1n) is 4.73. The zero-order valence-corrected chi connectivity index (χ0v) is 8.38. The van der Waals surface area contributed by atoms with Gasteiger partial charge < -0.3 is 5.73 Å². The highest BCUT2D eigenvalue weighted by Gasteiger charge is 2.16. The summed E-state index contributed by atoms with van der Waals surface area (Å²) in [5.41, 5.74) is 5.06. The normalized spacial score (nSPS) is 9.69. The SMILES string of the molecule is CCCCC(=O)N(CCC)C(N)=O. The van der Waals surface area contributed by atoms with Crippen molar-refractivity contribution in [3.8, 4) is 0 Å². The van der Waals surface area contributed by atoms with E-state index < -0.39 is 6.03 Å². The number of unbranched alkanes of at least 4 members (excludes halogenated alkanes) is 1. The first kappa shape index (κ1) is 11.9. The van der Waals surface area contributed by atoms with Crippen LogP contribution in [0, 0.1) is 0 Å². The molecule has 0 bridgehead atoms. The summed E-state index contributed by atoms with van der Waals surface area (Å²) >= 11 is 0. The quantitative estimate of drug-likeness (QED) is 0.707. The van der Waals surface area contributed by atoms with Crippen LogP contribution in [0.4, 0.5) is 4.79 Å². The molecule has 0 saturated carbocycles. The maximum atomic E-state index is 11.4. The minimum absolute atomic E-state index is 0.156. The Morgan fingerprint density at radius 2 is 1.85 bits per heavy atom. The predicted octanol–water partition coefficient (Wildman–Crippen LogP) is 1.49. The Balaban J connectivity index is 4.03. The van der Waals surface area contributed by atoms with E-state index in [1.54, 1.807) is 0 Å². The maximum absolute atomic E-state index is 11.4. The van der Waals surface area contributed by atoms with Crippen molar-refractivity contribution >= 4 is 11.9 Å². The van der Waals surface area contributed by atoms with Crippen LogP contribution >= 0.6 is 0 Å². The Morgan fingerprint density at radius 3 is 2.23 bits per heavy atom. The number of hydrogen-bond acceptors (Lipinski definition) is 2. The van der Waals surface area contributed by atoms with Crippen molar-refractivity contribution in [3.05, 3.63) is 0 Å². The number of hydrogen-bond donors (Lipinski definition) is 1.